The lowest BCUT2D eigenvalue weighted by Crippen LogP contribution is -2.13. The van der Waals surface area contributed by atoms with Gasteiger partial charge in [-0.05, 0) is 30.2 Å². The molecule has 82 valence electrons. The minimum absolute atomic E-state index is 0.285. The second-order valence-corrected chi connectivity index (χ2v) is 4.33. The van der Waals surface area contributed by atoms with Crippen LogP contribution >= 0.6 is 0 Å². The van der Waals surface area contributed by atoms with Crippen molar-refractivity contribution in [1.82, 2.24) is 4.98 Å². The van der Waals surface area contributed by atoms with E-state index in [1.807, 2.05) is 18.2 Å². The number of aromatic nitrogens is 1. The van der Waals surface area contributed by atoms with Crippen molar-refractivity contribution in [2.24, 2.45) is 5.92 Å². The van der Waals surface area contributed by atoms with Crippen molar-refractivity contribution in [1.29, 1.82) is 0 Å². The largest absolute Gasteiger partial charge is 0.481 e. The monoisotopic (exact) mass is 216 g/mol. The van der Waals surface area contributed by atoms with E-state index in [9.17, 15) is 4.79 Å². The third-order valence-electron chi connectivity index (χ3n) is 3.27. The van der Waals surface area contributed by atoms with Crippen molar-refractivity contribution in [3.8, 4) is 0 Å². The van der Waals surface area contributed by atoms with Crippen LogP contribution in [-0.4, -0.2) is 16.1 Å². The van der Waals surface area contributed by atoms with Crippen LogP contribution in [0.5, 0.6) is 0 Å². The van der Waals surface area contributed by atoms with Gasteiger partial charge in [-0.25, -0.2) is 0 Å². The lowest BCUT2D eigenvalue weighted by atomic mass is 10.1. The highest BCUT2D eigenvalue weighted by Crippen LogP contribution is 2.33. The molecule has 4 heteroatoms. The van der Waals surface area contributed by atoms with E-state index in [-0.39, 0.29) is 5.92 Å². The Morgan fingerprint density at radius 2 is 2.25 bits per heavy atom. The zero-order valence-corrected chi connectivity index (χ0v) is 8.66. The predicted molar refractivity (Wildman–Crippen MR) is 61.2 cm³/mol. The van der Waals surface area contributed by atoms with Crippen LogP contribution < -0.4 is 5.73 Å². The average Bonchev–Trinajstić information content (AvgIpc) is 2.75. The van der Waals surface area contributed by atoms with Crippen molar-refractivity contribution >= 4 is 22.6 Å². The first kappa shape index (κ1) is 9.27. The van der Waals surface area contributed by atoms with Crippen molar-refractivity contribution in [2.45, 2.75) is 12.8 Å². The van der Waals surface area contributed by atoms with Gasteiger partial charge in [-0.1, -0.05) is 0 Å². The van der Waals surface area contributed by atoms with Gasteiger partial charge >= 0.3 is 5.97 Å². The van der Waals surface area contributed by atoms with Gasteiger partial charge in [-0.2, -0.15) is 0 Å². The average molecular weight is 216 g/mol. The van der Waals surface area contributed by atoms with Crippen molar-refractivity contribution in [3.05, 3.63) is 29.5 Å². The molecule has 2 aromatic rings. The van der Waals surface area contributed by atoms with Gasteiger partial charge < -0.3 is 15.8 Å². The smallest absolute Gasteiger partial charge is 0.307 e. The molecule has 0 aliphatic heterocycles. The highest BCUT2D eigenvalue weighted by molar-refractivity contribution is 5.89. The third-order valence-corrected chi connectivity index (χ3v) is 3.27. The van der Waals surface area contributed by atoms with Crippen LogP contribution in [0.25, 0.3) is 10.9 Å². The number of aliphatic carboxylic acids is 1. The highest BCUT2D eigenvalue weighted by atomic mass is 16.4. The van der Waals surface area contributed by atoms with E-state index < -0.39 is 5.97 Å². The Labute approximate surface area is 92.1 Å². The summed E-state index contributed by atoms with van der Waals surface area (Å²) >= 11 is 0. The second-order valence-electron chi connectivity index (χ2n) is 4.33. The number of carboxylic acid groups (broad SMARTS) is 1. The van der Waals surface area contributed by atoms with Crippen LogP contribution in [0, 0.1) is 5.92 Å². The van der Waals surface area contributed by atoms with Crippen LogP contribution in [0.2, 0.25) is 0 Å². The maximum absolute atomic E-state index is 10.9. The molecule has 16 heavy (non-hydrogen) atoms. The van der Waals surface area contributed by atoms with E-state index in [2.05, 4.69) is 4.98 Å². The minimum Gasteiger partial charge on any atom is -0.481 e. The zero-order valence-electron chi connectivity index (χ0n) is 8.66. The van der Waals surface area contributed by atoms with Crippen molar-refractivity contribution < 1.29 is 9.90 Å². The number of H-pyrrole nitrogens is 1. The Balaban J connectivity index is 2.13. The number of anilines is 1. The molecule has 4 N–H and O–H groups in total. The Hall–Kier alpha value is -1.97. The SMILES string of the molecule is Nc1ccc2[nH]c3c(c2c1)C[C@H](C(=O)O)C3. The number of nitrogens with two attached hydrogens (primary N) is 1. The number of nitrogens with one attached hydrogen (secondary N) is 1. The fourth-order valence-corrected chi connectivity index (χ4v) is 2.47. The maximum atomic E-state index is 10.9. The molecular formula is C12H12N2O2. The lowest BCUT2D eigenvalue weighted by molar-refractivity contribution is -0.141. The summed E-state index contributed by atoms with van der Waals surface area (Å²) in [5.41, 5.74) is 9.67. The summed E-state index contributed by atoms with van der Waals surface area (Å²) in [4.78, 5) is 14.2. The molecule has 0 fully saturated rings. The first-order valence-corrected chi connectivity index (χ1v) is 5.27. The predicted octanol–water partition coefficient (Wildman–Crippen LogP) is 1.55. The molecule has 0 unspecified atom stereocenters. The number of hydrogen-bond donors (Lipinski definition) is 3. The van der Waals surface area contributed by atoms with E-state index in [0.717, 1.165) is 22.2 Å². The topological polar surface area (TPSA) is 79.1 Å². The number of fused-ring (bicyclic) bond motifs is 3. The van der Waals surface area contributed by atoms with E-state index in [0.29, 0.717) is 18.5 Å². The number of carboxylic acids is 1. The summed E-state index contributed by atoms with van der Waals surface area (Å²) in [6.45, 7) is 0. The summed E-state index contributed by atoms with van der Waals surface area (Å²) in [7, 11) is 0. The van der Waals surface area contributed by atoms with Gasteiger partial charge in [0.25, 0.3) is 0 Å². The summed E-state index contributed by atoms with van der Waals surface area (Å²) in [6, 6.07) is 5.70. The molecule has 0 amide bonds. The number of carbonyl (C=O) groups is 1. The zero-order chi connectivity index (χ0) is 11.3. The van der Waals surface area contributed by atoms with E-state index in [4.69, 9.17) is 10.8 Å². The van der Waals surface area contributed by atoms with Crippen LogP contribution in [0.3, 0.4) is 0 Å². The molecule has 0 bridgehead atoms. The van der Waals surface area contributed by atoms with E-state index >= 15 is 0 Å². The maximum Gasteiger partial charge on any atom is 0.307 e. The fourth-order valence-electron chi connectivity index (χ4n) is 2.47. The summed E-state index contributed by atoms with van der Waals surface area (Å²) < 4.78 is 0. The summed E-state index contributed by atoms with van der Waals surface area (Å²) in [6.07, 6.45) is 1.20. The Bertz CT molecular complexity index is 586. The second kappa shape index (κ2) is 3.01. The molecule has 0 saturated carbocycles. The summed E-state index contributed by atoms with van der Waals surface area (Å²) in [5.74, 6) is -1.01. The van der Waals surface area contributed by atoms with Crippen molar-refractivity contribution in [2.75, 3.05) is 5.73 Å². The number of nitrogen functional groups attached to an aromatic ring is 1. The Morgan fingerprint density at radius 1 is 1.44 bits per heavy atom. The molecule has 0 spiro atoms. The number of hydrogen-bond acceptors (Lipinski definition) is 2. The molecule has 1 aliphatic rings. The molecule has 0 saturated heterocycles. The first-order chi connectivity index (χ1) is 7.65. The molecule has 1 atom stereocenters. The molecule has 1 aromatic carbocycles. The van der Waals surface area contributed by atoms with Crippen LogP contribution in [-0.2, 0) is 17.6 Å². The molecular weight excluding hydrogens is 204 g/mol. The van der Waals surface area contributed by atoms with Gasteiger partial charge in [-0.3, -0.25) is 4.79 Å². The van der Waals surface area contributed by atoms with E-state index in [1.165, 1.54) is 0 Å². The van der Waals surface area contributed by atoms with E-state index in [1.54, 1.807) is 0 Å². The standard InChI is InChI=1S/C12H12N2O2/c13-7-1-2-10-9(5-7)8-3-6(12(15)16)4-11(8)14-10/h1-2,5-6,14H,3-4,13H2,(H,15,16)/t6-/m0/s1. The van der Waals surface area contributed by atoms with Gasteiger partial charge in [0.05, 0.1) is 5.92 Å². The molecule has 1 heterocycles. The van der Waals surface area contributed by atoms with Gasteiger partial charge in [0, 0.05) is 28.7 Å². The number of benzene rings is 1. The normalized spacial score (nSPS) is 18.9. The number of rotatable bonds is 1. The molecule has 1 aliphatic carbocycles. The molecule has 1 aromatic heterocycles. The fraction of sp³-hybridized carbons (Fsp3) is 0.250. The van der Waals surface area contributed by atoms with Crippen molar-refractivity contribution in [3.63, 3.8) is 0 Å². The third kappa shape index (κ3) is 1.19. The van der Waals surface area contributed by atoms with Gasteiger partial charge in [-0.15, -0.1) is 0 Å². The Kier molecular flexibility index (Phi) is 1.74. The Morgan fingerprint density at radius 3 is 3.00 bits per heavy atom. The lowest BCUT2D eigenvalue weighted by Gasteiger charge is -2.02. The van der Waals surface area contributed by atoms with Gasteiger partial charge in [0.2, 0.25) is 0 Å². The van der Waals surface area contributed by atoms with Gasteiger partial charge in [0.1, 0.15) is 0 Å². The van der Waals surface area contributed by atoms with Crippen LogP contribution in [0.4, 0.5) is 5.69 Å². The minimum atomic E-state index is -0.721. The number of aromatic amines is 1. The molecule has 3 rings (SSSR count). The van der Waals surface area contributed by atoms with Gasteiger partial charge in [0.15, 0.2) is 0 Å². The summed E-state index contributed by atoms with van der Waals surface area (Å²) in [5, 5.41) is 10.1. The molecule has 0 radical (unpaired) electrons. The quantitative estimate of drug-likeness (QED) is 0.633. The van der Waals surface area contributed by atoms with Crippen LogP contribution in [0.15, 0.2) is 18.2 Å². The van der Waals surface area contributed by atoms with Crippen LogP contribution in [0.1, 0.15) is 11.3 Å². The highest BCUT2D eigenvalue weighted by Gasteiger charge is 2.29. The molecule has 4 nitrogen and oxygen atoms in total. The first-order valence-electron chi connectivity index (χ1n) is 5.27.